The van der Waals surface area contributed by atoms with Crippen LogP contribution in [0.2, 0.25) is 0 Å². The Labute approximate surface area is 174 Å². The van der Waals surface area contributed by atoms with Crippen LogP contribution in [-0.2, 0) is 4.79 Å². The number of hydrogen-bond donors (Lipinski definition) is 1. The summed E-state index contributed by atoms with van der Waals surface area (Å²) in [6.07, 6.45) is 0. The summed E-state index contributed by atoms with van der Waals surface area (Å²) in [5.74, 6) is 0.963. The molecule has 0 unspecified atom stereocenters. The van der Waals surface area contributed by atoms with Crippen molar-refractivity contribution in [1.82, 2.24) is 9.88 Å². The van der Waals surface area contributed by atoms with Gasteiger partial charge in [-0.2, -0.15) is 0 Å². The number of anilines is 1. The molecule has 2 aromatic carbocycles. The molecule has 2 heterocycles. The molecule has 0 atom stereocenters. The molecule has 6 heteroatoms. The zero-order valence-corrected chi connectivity index (χ0v) is 16.9. The number of pyridine rings is 1. The molecule has 1 aliphatic rings. The van der Waals surface area contributed by atoms with Gasteiger partial charge in [-0.1, -0.05) is 71.9 Å². The number of carbonyl (C=O) groups is 2. The normalized spacial score (nSPS) is 13.6. The lowest BCUT2D eigenvalue weighted by molar-refractivity contribution is -0.116. The second-order valence-corrected chi connectivity index (χ2v) is 7.99. The summed E-state index contributed by atoms with van der Waals surface area (Å²) in [7, 11) is 0. The molecule has 1 N–H and O–H groups in total. The number of rotatable bonds is 5. The zero-order chi connectivity index (χ0) is 20.2. The van der Waals surface area contributed by atoms with Gasteiger partial charge in [0.05, 0.1) is 5.69 Å². The van der Waals surface area contributed by atoms with Gasteiger partial charge in [0.15, 0.2) is 0 Å². The van der Waals surface area contributed by atoms with Crippen molar-refractivity contribution in [3.63, 3.8) is 0 Å². The number of carbonyl (C=O) groups excluding carboxylic acids is 2. The Morgan fingerprint density at radius 1 is 1.03 bits per heavy atom. The molecule has 0 aliphatic carbocycles. The number of hydrogen-bond acceptors (Lipinski definition) is 4. The minimum absolute atomic E-state index is 0.0446. The summed E-state index contributed by atoms with van der Waals surface area (Å²) in [6.45, 7) is 2.70. The van der Waals surface area contributed by atoms with Crippen molar-refractivity contribution < 1.29 is 9.59 Å². The summed E-state index contributed by atoms with van der Waals surface area (Å²) in [4.78, 5) is 30.5. The molecule has 1 aliphatic heterocycles. The molecule has 1 saturated heterocycles. The third-order valence-corrected chi connectivity index (χ3v) is 5.62. The van der Waals surface area contributed by atoms with Crippen molar-refractivity contribution in [2.75, 3.05) is 24.2 Å². The van der Waals surface area contributed by atoms with Crippen molar-refractivity contribution >= 4 is 28.7 Å². The number of nitrogens with zero attached hydrogens (tertiary/aromatic N) is 2. The number of amides is 2. The van der Waals surface area contributed by atoms with Crippen molar-refractivity contribution in [2.45, 2.75) is 6.92 Å². The third kappa shape index (κ3) is 4.66. The Hall–Kier alpha value is -3.12. The maximum atomic E-state index is 12.5. The van der Waals surface area contributed by atoms with Gasteiger partial charge in [-0.25, -0.2) is 4.98 Å². The van der Waals surface area contributed by atoms with E-state index in [0.717, 1.165) is 28.1 Å². The van der Waals surface area contributed by atoms with Crippen LogP contribution in [0.1, 0.15) is 5.56 Å². The van der Waals surface area contributed by atoms with Crippen LogP contribution in [-0.4, -0.2) is 39.9 Å². The standard InChI is InChI=1S/C23H21N3O2S/c1-16-7-9-17(10-8-16)19-13-20(18-5-3-2-4-6-18)24-21(14-19)25-22(27)15-26-11-12-29-23(26)28/h2-10,13-14H,11-12,15H2,1H3,(H,24,25,27). The number of aromatic nitrogens is 1. The summed E-state index contributed by atoms with van der Waals surface area (Å²) in [5, 5.41) is 2.82. The number of nitrogens with one attached hydrogen (secondary N) is 1. The quantitative estimate of drug-likeness (QED) is 0.663. The Kier molecular flexibility index (Phi) is 5.62. The van der Waals surface area contributed by atoms with Crippen molar-refractivity contribution in [1.29, 1.82) is 0 Å². The van der Waals surface area contributed by atoms with E-state index in [-0.39, 0.29) is 17.7 Å². The predicted molar refractivity (Wildman–Crippen MR) is 118 cm³/mol. The van der Waals surface area contributed by atoms with Crippen molar-refractivity contribution in [3.05, 3.63) is 72.3 Å². The molecule has 0 spiro atoms. The van der Waals surface area contributed by atoms with Gasteiger partial charge in [-0.3, -0.25) is 9.59 Å². The Bertz CT molecular complexity index is 1040. The van der Waals surface area contributed by atoms with E-state index < -0.39 is 0 Å². The molecule has 4 rings (SSSR count). The van der Waals surface area contributed by atoms with E-state index in [4.69, 9.17) is 0 Å². The minimum atomic E-state index is -0.242. The fourth-order valence-electron chi connectivity index (χ4n) is 3.19. The predicted octanol–water partition coefficient (Wildman–Crippen LogP) is 4.83. The van der Waals surface area contributed by atoms with E-state index in [9.17, 15) is 9.59 Å². The lowest BCUT2D eigenvalue weighted by Crippen LogP contribution is -2.33. The molecule has 0 saturated carbocycles. The highest BCUT2D eigenvalue weighted by Crippen LogP contribution is 2.28. The van der Waals surface area contributed by atoms with E-state index in [1.165, 1.54) is 17.3 Å². The monoisotopic (exact) mass is 403 g/mol. The lowest BCUT2D eigenvalue weighted by atomic mass is 10.0. The number of benzene rings is 2. The van der Waals surface area contributed by atoms with Crippen LogP contribution in [0.4, 0.5) is 10.6 Å². The first-order chi connectivity index (χ1) is 14.1. The SMILES string of the molecule is Cc1ccc(-c2cc(NC(=O)CN3CCSC3=O)nc(-c3ccccc3)c2)cc1. The number of aryl methyl sites for hydroxylation is 1. The van der Waals surface area contributed by atoms with Crippen LogP contribution in [0.5, 0.6) is 0 Å². The number of thioether (sulfide) groups is 1. The molecule has 1 aromatic heterocycles. The van der Waals surface area contributed by atoms with E-state index in [1.54, 1.807) is 4.90 Å². The Balaban J connectivity index is 1.65. The molecule has 29 heavy (non-hydrogen) atoms. The molecule has 146 valence electrons. The van der Waals surface area contributed by atoms with Gasteiger partial charge in [-0.15, -0.1) is 0 Å². The van der Waals surface area contributed by atoms with Gasteiger partial charge >= 0.3 is 0 Å². The molecular weight excluding hydrogens is 382 g/mol. The highest BCUT2D eigenvalue weighted by atomic mass is 32.2. The molecule has 2 amide bonds. The fourth-order valence-corrected chi connectivity index (χ4v) is 4.01. The van der Waals surface area contributed by atoms with Crippen LogP contribution in [0.3, 0.4) is 0 Å². The third-order valence-electron chi connectivity index (χ3n) is 4.73. The van der Waals surface area contributed by atoms with Crippen LogP contribution < -0.4 is 5.32 Å². The Morgan fingerprint density at radius 2 is 1.79 bits per heavy atom. The Morgan fingerprint density at radius 3 is 2.48 bits per heavy atom. The molecule has 5 nitrogen and oxygen atoms in total. The average Bonchev–Trinajstić information content (AvgIpc) is 3.13. The van der Waals surface area contributed by atoms with Gasteiger partial charge in [-0.05, 0) is 30.2 Å². The van der Waals surface area contributed by atoms with E-state index in [0.29, 0.717) is 12.4 Å². The molecular formula is C23H21N3O2S. The first kappa shape index (κ1) is 19.2. The van der Waals surface area contributed by atoms with Gasteiger partial charge in [0.25, 0.3) is 5.24 Å². The molecule has 0 bridgehead atoms. The minimum Gasteiger partial charge on any atom is -0.323 e. The summed E-state index contributed by atoms with van der Waals surface area (Å²) in [6, 6.07) is 22.0. The van der Waals surface area contributed by atoms with Gasteiger partial charge in [0.2, 0.25) is 5.91 Å². The van der Waals surface area contributed by atoms with Gasteiger partial charge in [0.1, 0.15) is 12.4 Å². The summed E-state index contributed by atoms with van der Waals surface area (Å²) >= 11 is 1.25. The maximum absolute atomic E-state index is 12.5. The smallest absolute Gasteiger partial charge is 0.282 e. The second kappa shape index (κ2) is 8.49. The average molecular weight is 404 g/mol. The van der Waals surface area contributed by atoms with Gasteiger partial charge < -0.3 is 10.2 Å². The van der Waals surface area contributed by atoms with E-state index in [2.05, 4.69) is 41.5 Å². The largest absolute Gasteiger partial charge is 0.323 e. The summed E-state index contributed by atoms with van der Waals surface area (Å²) < 4.78 is 0. The van der Waals surface area contributed by atoms with Crippen LogP contribution in [0, 0.1) is 6.92 Å². The zero-order valence-electron chi connectivity index (χ0n) is 16.1. The van der Waals surface area contributed by atoms with Crippen LogP contribution in [0.25, 0.3) is 22.4 Å². The second-order valence-electron chi connectivity index (χ2n) is 6.94. The highest BCUT2D eigenvalue weighted by molar-refractivity contribution is 8.13. The maximum Gasteiger partial charge on any atom is 0.282 e. The van der Waals surface area contributed by atoms with Crippen molar-refractivity contribution in [3.8, 4) is 22.4 Å². The molecule has 3 aromatic rings. The van der Waals surface area contributed by atoms with Crippen LogP contribution >= 0.6 is 11.8 Å². The highest BCUT2D eigenvalue weighted by Gasteiger charge is 2.23. The lowest BCUT2D eigenvalue weighted by Gasteiger charge is -2.15. The van der Waals surface area contributed by atoms with E-state index >= 15 is 0 Å². The molecule has 1 fully saturated rings. The fraction of sp³-hybridized carbons (Fsp3) is 0.174. The first-order valence-corrected chi connectivity index (χ1v) is 10.4. The van der Waals surface area contributed by atoms with Gasteiger partial charge in [0, 0.05) is 17.9 Å². The van der Waals surface area contributed by atoms with E-state index in [1.807, 2.05) is 42.5 Å². The topological polar surface area (TPSA) is 62.3 Å². The van der Waals surface area contributed by atoms with Crippen molar-refractivity contribution in [2.24, 2.45) is 0 Å². The first-order valence-electron chi connectivity index (χ1n) is 9.44. The molecule has 0 radical (unpaired) electrons. The van der Waals surface area contributed by atoms with Crippen LogP contribution in [0.15, 0.2) is 66.7 Å². The summed E-state index contributed by atoms with van der Waals surface area (Å²) in [5.41, 5.74) is 4.97.